The number of halogens is 1. The predicted octanol–water partition coefficient (Wildman–Crippen LogP) is 3.54. The van der Waals surface area contributed by atoms with Crippen LogP contribution in [0.5, 0.6) is 0 Å². The molecule has 1 nitrogen and oxygen atoms in total. The van der Waals surface area contributed by atoms with Gasteiger partial charge in [-0.2, -0.15) is 0 Å². The highest BCUT2D eigenvalue weighted by Crippen LogP contribution is 2.29. The van der Waals surface area contributed by atoms with E-state index in [9.17, 15) is 0 Å². The summed E-state index contributed by atoms with van der Waals surface area (Å²) in [4.78, 5) is 0. The molecule has 0 atom stereocenters. The zero-order chi connectivity index (χ0) is 10.1. The van der Waals surface area contributed by atoms with Gasteiger partial charge in [-0.1, -0.05) is 18.2 Å². The number of hydrogen-bond acceptors (Lipinski definition) is 1. The molecule has 0 spiro atoms. The van der Waals surface area contributed by atoms with Gasteiger partial charge in [-0.05, 0) is 47.5 Å². The lowest BCUT2D eigenvalue weighted by molar-refractivity contribution is 0.959. The molecule has 2 heteroatoms. The summed E-state index contributed by atoms with van der Waals surface area (Å²) in [6, 6.07) is 0. The fourth-order valence-corrected chi connectivity index (χ4v) is 1.87. The summed E-state index contributed by atoms with van der Waals surface area (Å²) in [7, 11) is 0. The van der Waals surface area contributed by atoms with E-state index in [-0.39, 0.29) is 0 Å². The molecule has 1 aliphatic heterocycles. The van der Waals surface area contributed by atoms with E-state index in [1.165, 1.54) is 16.8 Å². The molecular weight excluding hydrogens is 238 g/mol. The van der Waals surface area contributed by atoms with Gasteiger partial charge in [0.1, 0.15) is 0 Å². The second-order valence-electron chi connectivity index (χ2n) is 3.47. The number of rotatable bonds is 0. The predicted molar refractivity (Wildman–Crippen MR) is 63.8 cm³/mol. The van der Waals surface area contributed by atoms with Crippen LogP contribution in [-0.4, -0.2) is 0 Å². The fourth-order valence-electron chi connectivity index (χ4n) is 1.54. The van der Waals surface area contributed by atoms with Crippen molar-refractivity contribution in [1.82, 2.24) is 5.32 Å². The van der Waals surface area contributed by atoms with Crippen molar-refractivity contribution in [3.05, 3.63) is 57.4 Å². The van der Waals surface area contributed by atoms with E-state index in [4.69, 9.17) is 0 Å². The zero-order valence-electron chi connectivity index (χ0n) is 8.26. The summed E-state index contributed by atoms with van der Waals surface area (Å²) in [6.07, 6.45) is 10.5. The van der Waals surface area contributed by atoms with E-state index >= 15 is 0 Å². The molecule has 0 unspecified atom stereocenters. The van der Waals surface area contributed by atoms with E-state index in [1.807, 2.05) is 0 Å². The van der Waals surface area contributed by atoms with E-state index in [0.29, 0.717) is 0 Å². The first-order valence-corrected chi connectivity index (χ1v) is 5.39. The van der Waals surface area contributed by atoms with Crippen molar-refractivity contribution in [2.45, 2.75) is 13.8 Å². The van der Waals surface area contributed by atoms with Crippen LogP contribution in [0.2, 0.25) is 0 Å². The van der Waals surface area contributed by atoms with Crippen LogP contribution in [0.4, 0.5) is 0 Å². The van der Waals surface area contributed by atoms with E-state index in [2.05, 4.69) is 65.5 Å². The molecule has 72 valence electrons. The van der Waals surface area contributed by atoms with Crippen molar-refractivity contribution >= 4 is 15.9 Å². The molecule has 1 N–H and O–H groups in total. The molecule has 0 saturated heterocycles. The Labute approximate surface area is 92.7 Å². The molecular formula is C12H12BrN. The molecule has 0 aromatic heterocycles. The Morgan fingerprint density at radius 1 is 1.14 bits per heavy atom. The first-order valence-electron chi connectivity index (χ1n) is 4.59. The van der Waals surface area contributed by atoms with E-state index in [1.54, 1.807) is 0 Å². The molecule has 0 bridgehead atoms. The highest BCUT2D eigenvalue weighted by molar-refractivity contribution is 9.11. The minimum atomic E-state index is 1.12. The Bertz CT molecular complexity index is 420. The van der Waals surface area contributed by atoms with Crippen molar-refractivity contribution in [3.8, 4) is 0 Å². The monoisotopic (exact) mass is 249 g/mol. The highest BCUT2D eigenvalue weighted by atomic mass is 79.9. The smallest absolute Gasteiger partial charge is 0.0458 e. The van der Waals surface area contributed by atoms with Crippen molar-refractivity contribution in [3.63, 3.8) is 0 Å². The van der Waals surface area contributed by atoms with Crippen LogP contribution < -0.4 is 5.32 Å². The largest absolute Gasteiger partial charge is 0.358 e. The number of hydrogen-bond donors (Lipinski definition) is 1. The second-order valence-corrected chi connectivity index (χ2v) is 4.33. The van der Waals surface area contributed by atoms with Crippen LogP contribution in [0.25, 0.3) is 0 Å². The lowest BCUT2D eigenvalue weighted by atomic mass is 10.0. The maximum atomic E-state index is 3.53. The maximum absolute atomic E-state index is 3.53. The van der Waals surface area contributed by atoms with Gasteiger partial charge in [0.2, 0.25) is 0 Å². The molecule has 0 amide bonds. The summed E-state index contributed by atoms with van der Waals surface area (Å²) in [5.41, 5.74) is 4.87. The van der Waals surface area contributed by atoms with Crippen LogP contribution in [0.3, 0.4) is 0 Å². The van der Waals surface area contributed by atoms with Gasteiger partial charge in [-0.15, -0.1) is 0 Å². The van der Waals surface area contributed by atoms with Gasteiger partial charge in [0.25, 0.3) is 0 Å². The van der Waals surface area contributed by atoms with Gasteiger partial charge in [0.05, 0.1) is 0 Å². The molecule has 0 saturated carbocycles. The minimum absolute atomic E-state index is 1.12. The minimum Gasteiger partial charge on any atom is -0.358 e. The molecule has 0 fully saturated rings. The Balaban J connectivity index is 2.53. The first kappa shape index (κ1) is 9.53. The van der Waals surface area contributed by atoms with Gasteiger partial charge in [-0.3, -0.25) is 0 Å². The number of nitrogens with one attached hydrogen (secondary N) is 1. The average Bonchev–Trinajstić information content (AvgIpc) is 2.31. The topological polar surface area (TPSA) is 12.0 Å². The number of dihydropyridines is 1. The summed E-state index contributed by atoms with van der Waals surface area (Å²) < 4.78 is 1.12. The molecule has 1 heterocycles. The van der Waals surface area contributed by atoms with Gasteiger partial charge in [0.15, 0.2) is 0 Å². The van der Waals surface area contributed by atoms with Crippen molar-refractivity contribution in [1.29, 1.82) is 0 Å². The molecule has 1 aliphatic carbocycles. The van der Waals surface area contributed by atoms with Gasteiger partial charge < -0.3 is 5.32 Å². The van der Waals surface area contributed by atoms with Gasteiger partial charge in [0, 0.05) is 21.4 Å². The number of fused-ring (bicyclic) bond motifs is 1. The molecule has 0 aromatic carbocycles. The van der Waals surface area contributed by atoms with Crippen LogP contribution in [-0.2, 0) is 0 Å². The third-order valence-electron chi connectivity index (χ3n) is 2.39. The summed E-state index contributed by atoms with van der Waals surface area (Å²) in [6.45, 7) is 4.18. The highest BCUT2D eigenvalue weighted by Gasteiger charge is 2.14. The Morgan fingerprint density at radius 3 is 2.64 bits per heavy atom. The lowest BCUT2D eigenvalue weighted by Gasteiger charge is -2.20. The summed E-state index contributed by atoms with van der Waals surface area (Å²) >= 11 is 3.53. The van der Waals surface area contributed by atoms with Crippen LogP contribution >= 0.6 is 15.9 Å². The Kier molecular flexibility index (Phi) is 2.46. The zero-order valence-corrected chi connectivity index (χ0v) is 9.85. The summed E-state index contributed by atoms with van der Waals surface area (Å²) in [5, 5.41) is 3.37. The average molecular weight is 250 g/mol. The van der Waals surface area contributed by atoms with Crippen LogP contribution in [0, 0.1) is 0 Å². The van der Waals surface area contributed by atoms with Crippen LogP contribution in [0.1, 0.15) is 13.8 Å². The lowest BCUT2D eigenvalue weighted by Crippen LogP contribution is -2.17. The Hall–Kier alpha value is -1.02. The van der Waals surface area contributed by atoms with Gasteiger partial charge >= 0.3 is 0 Å². The summed E-state index contributed by atoms with van der Waals surface area (Å²) in [5.74, 6) is 0. The van der Waals surface area contributed by atoms with Crippen LogP contribution in [0.15, 0.2) is 57.4 Å². The first-order chi connectivity index (χ1) is 6.68. The third kappa shape index (κ3) is 1.62. The standard InChI is InChI=1S/C12H12BrN/c1-8-5-3-4-6-12-10(8)7-11(13)9(2)14-12/h3-7,14H,1-2H3. The fraction of sp³-hybridized carbons (Fsp3) is 0.167. The maximum Gasteiger partial charge on any atom is 0.0458 e. The van der Waals surface area contributed by atoms with E-state index < -0.39 is 0 Å². The third-order valence-corrected chi connectivity index (χ3v) is 3.21. The van der Waals surface area contributed by atoms with Crippen molar-refractivity contribution < 1.29 is 0 Å². The SMILES string of the molecule is CC1=CC=CC=C2NC(C)=C(Br)C=C12. The van der Waals surface area contributed by atoms with Crippen molar-refractivity contribution in [2.24, 2.45) is 0 Å². The van der Waals surface area contributed by atoms with E-state index in [0.717, 1.165) is 10.2 Å². The number of allylic oxidation sites excluding steroid dienone is 8. The quantitative estimate of drug-likeness (QED) is 0.693. The van der Waals surface area contributed by atoms with Crippen molar-refractivity contribution in [2.75, 3.05) is 0 Å². The molecule has 0 radical (unpaired) electrons. The molecule has 14 heavy (non-hydrogen) atoms. The molecule has 2 aliphatic rings. The Morgan fingerprint density at radius 2 is 1.86 bits per heavy atom. The normalized spacial score (nSPS) is 20.4. The molecule has 0 aromatic rings. The van der Waals surface area contributed by atoms with Gasteiger partial charge in [-0.25, -0.2) is 0 Å². The second kappa shape index (κ2) is 3.62. The molecule has 2 rings (SSSR count).